The topological polar surface area (TPSA) is 17.1 Å². The minimum Gasteiger partial charge on any atom is -0.299 e. The molecule has 1 saturated carbocycles. The molecule has 0 unspecified atom stereocenters. The van der Waals surface area contributed by atoms with E-state index >= 15 is 0 Å². The van der Waals surface area contributed by atoms with Crippen molar-refractivity contribution < 1.29 is 4.79 Å². The van der Waals surface area contributed by atoms with E-state index in [1.54, 1.807) is 11.8 Å². The Labute approximate surface area is 85.7 Å². The van der Waals surface area contributed by atoms with Crippen molar-refractivity contribution in [2.24, 2.45) is 5.41 Å². The van der Waals surface area contributed by atoms with Gasteiger partial charge in [-0.3, -0.25) is 4.79 Å². The fourth-order valence-corrected chi connectivity index (χ4v) is 2.50. The third-order valence-corrected chi connectivity index (χ3v) is 3.78. The van der Waals surface area contributed by atoms with Gasteiger partial charge in [0.25, 0.3) is 0 Å². The van der Waals surface area contributed by atoms with E-state index in [2.05, 4.69) is 13.2 Å². The molecule has 1 fully saturated rings. The largest absolute Gasteiger partial charge is 0.299 e. The summed E-state index contributed by atoms with van der Waals surface area (Å²) in [6.07, 6.45) is 8.92. The van der Waals surface area contributed by atoms with Gasteiger partial charge in [-0.1, -0.05) is 26.2 Å². The van der Waals surface area contributed by atoms with Crippen LogP contribution in [-0.2, 0) is 4.79 Å². The lowest BCUT2D eigenvalue weighted by atomic mass is 9.72. The van der Waals surface area contributed by atoms with Gasteiger partial charge in [0.05, 0.1) is 0 Å². The maximum Gasteiger partial charge on any atom is 0.139 e. The third-order valence-electron chi connectivity index (χ3n) is 3.16. The number of rotatable bonds is 4. The van der Waals surface area contributed by atoms with Crippen LogP contribution in [0.4, 0.5) is 0 Å². The average Bonchev–Trinajstić information content (AvgIpc) is 2.15. The van der Waals surface area contributed by atoms with E-state index in [0.717, 1.165) is 25.0 Å². The van der Waals surface area contributed by atoms with Gasteiger partial charge in [0.2, 0.25) is 0 Å². The predicted molar refractivity (Wildman–Crippen MR) is 59.2 cm³/mol. The van der Waals surface area contributed by atoms with E-state index in [1.165, 1.54) is 19.3 Å². The second-order valence-corrected chi connectivity index (χ2v) is 5.27. The summed E-state index contributed by atoms with van der Waals surface area (Å²) < 4.78 is 0. The van der Waals surface area contributed by atoms with Crippen molar-refractivity contribution in [3.63, 3.8) is 0 Å². The summed E-state index contributed by atoms with van der Waals surface area (Å²) in [5.74, 6) is 1.50. The first-order valence-corrected chi connectivity index (χ1v) is 6.61. The van der Waals surface area contributed by atoms with Crippen molar-refractivity contribution >= 4 is 17.5 Å². The van der Waals surface area contributed by atoms with E-state index in [1.807, 2.05) is 0 Å². The Kier molecular flexibility index (Phi) is 4.30. The first-order chi connectivity index (χ1) is 6.19. The molecule has 0 N–H and O–H groups in total. The van der Waals surface area contributed by atoms with Crippen molar-refractivity contribution in [1.82, 2.24) is 0 Å². The zero-order chi connectivity index (χ0) is 9.73. The van der Waals surface area contributed by atoms with Crippen molar-refractivity contribution in [3.8, 4) is 0 Å². The molecular formula is C11H20OS. The summed E-state index contributed by atoms with van der Waals surface area (Å²) in [5, 5.41) is 0. The van der Waals surface area contributed by atoms with Gasteiger partial charge in [-0.2, -0.15) is 11.8 Å². The van der Waals surface area contributed by atoms with Crippen LogP contribution >= 0.6 is 11.8 Å². The molecular weight excluding hydrogens is 180 g/mol. The minimum absolute atomic E-state index is 0.0357. The summed E-state index contributed by atoms with van der Waals surface area (Å²) in [5.41, 5.74) is 0.0357. The number of ketones is 1. The first-order valence-electron chi connectivity index (χ1n) is 5.21. The van der Waals surface area contributed by atoms with Gasteiger partial charge in [-0.05, 0) is 24.9 Å². The van der Waals surface area contributed by atoms with Gasteiger partial charge in [0, 0.05) is 11.8 Å². The minimum atomic E-state index is 0.0357. The lowest BCUT2D eigenvalue weighted by molar-refractivity contribution is -0.129. The smallest absolute Gasteiger partial charge is 0.139 e. The molecule has 13 heavy (non-hydrogen) atoms. The van der Waals surface area contributed by atoms with Crippen LogP contribution < -0.4 is 0 Å². The van der Waals surface area contributed by atoms with E-state index in [-0.39, 0.29) is 5.41 Å². The van der Waals surface area contributed by atoms with Crippen LogP contribution in [-0.4, -0.2) is 17.8 Å². The second kappa shape index (κ2) is 5.04. The molecule has 1 aliphatic carbocycles. The van der Waals surface area contributed by atoms with E-state index < -0.39 is 0 Å². The molecule has 0 aliphatic heterocycles. The number of hydrogen-bond acceptors (Lipinski definition) is 2. The molecule has 0 saturated heterocycles. The van der Waals surface area contributed by atoms with Crippen LogP contribution in [0.3, 0.4) is 0 Å². The van der Waals surface area contributed by atoms with Crippen molar-refractivity contribution in [2.45, 2.75) is 45.4 Å². The van der Waals surface area contributed by atoms with Crippen LogP contribution in [0.5, 0.6) is 0 Å². The number of hydrogen-bond donors (Lipinski definition) is 0. The molecule has 0 aromatic heterocycles. The molecule has 0 bridgehead atoms. The maximum absolute atomic E-state index is 11.9. The lowest BCUT2D eigenvalue weighted by Crippen LogP contribution is -2.30. The van der Waals surface area contributed by atoms with Crippen LogP contribution in [0.1, 0.15) is 45.4 Å². The molecule has 1 nitrogen and oxygen atoms in total. The van der Waals surface area contributed by atoms with Crippen LogP contribution in [0.25, 0.3) is 0 Å². The maximum atomic E-state index is 11.9. The highest BCUT2D eigenvalue weighted by atomic mass is 32.2. The average molecular weight is 200 g/mol. The highest BCUT2D eigenvalue weighted by Crippen LogP contribution is 2.37. The standard InChI is InChI=1S/C11H20OS/c1-11(7-4-3-5-8-11)10(12)6-9-13-2/h3-9H2,1-2H3. The summed E-state index contributed by atoms with van der Waals surface area (Å²) in [4.78, 5) is 11.9. The fourth-order valence-electron chi connectivity index (χ4n) is 2.11. The fraction of sp³-hybridized carbons (Fsp3) is 0.909. The second-order valence-electron chi connectivity index (χ2n) is 4.29. The van der Waals surface area contributed by atoms with Crippen LogP contribution in [0.15, 0.2) is 0 Å². The number of thioether (sulfide) groups is 1. The Morgan fingerprint density at radius 2 is 1.92 bits per heavy atom. The monoisotopic (exact) mass is 200 g/mol. The van der Waals surface area contributed by atoms with Gasteiger partial charge in [-0.15, -0.1) is 0 Å². The molecule has 1 rings (SSSR count). The van der Waals surface area contributed by atoms with Gasteiger partial charge < -0.3 is 0 Å². The summed E-state index contributed by atoms with van der Waals surface area (Å²) >= 11 is 1.77. The zero-order valence-electron chi connectivity index (χ0n) is 8.77. The van der Waals surface area contributed by atoms with E-state index in [4.69, 9.17) is 0 Å². The van der Waals surface area contributed by atoms with E-state index in [0.29, 0.717) is 5.78 Å². The highest BCUT2D eigenvalue weighted by molar-refractivity contribution is 7.98. The molecule has 2 heteroatoms. The summed E-state index contributed by atoms with van der Waals surface area (Å²) in [7, 11) is 0. The number of carbonyl (C=O) groups excluding carboxylic acids is 1. The van der Waals surface area contributed by atoms with Crippen molar-refractivity contribution in [2.75, 3.05) is 12.0 Å². The molecule has 76 valence electrons. The quantitative estimate of drug-likeness (QED) is 0.693. The lowest BCUT2D eigenvalue weighted by Gasteiger charge is -2.31. The van der Waals surface area contributed by atoms with Crippen LogP contribution in [0, 0.1) is 5.41 Å². The number of carbonyl (C=O) groups is 1. The van der Waals surface area contributed by atoms with Gasteiger partial charge in [-0.25, -0.2) is 0 Å². The Balaban J connectivity index is 2.42. The first kappa shape index (κ1) is 11.1. The molecule has 0 aromatic rings. The molecule has 0 atom stereocenters. The molecule has 0 heterocycles. The van der Waals surface area contributed by atoms with Crippen molar-refractivity contribution in [3.05, 3.63) is 0 Å². The van der Waals surface area contributed by atoms with Gasteiger partial charge in [0.15, 0.2) is 0 Å². The van der Waals surface area contributed by atoms with Gasteiger partial charge in [0.1, 0.15) is 5.78 Å². The molecule has 0 radical (unpaired) electrons. The molecule has 0 aromatic carbocycles. The molecule has 0 spiro atoms. The Morgan fingerprint density at radius 1 is 1.31 bits per heavy atom. The third kappa shape index (κ3) is 3.01. The SMILES string of the molecule is CSCCC(=O)C1(C)CCCCC1. The molecule has 0 amide bonds. The number of Topliss-reactive ketones (excluding diaryl/α,β-unsaturated/α-hetero) is 1. The van der Waals surface area contributed by atoms with E-state index in [9.17, 15) is 4.79 Å². The normalized spacial score (nSPS) is 21.4. The predicted octanol–water partition coefficient (Wildman–Crippen LogP) is 3.28. The van der Waals surface area contributed by atoms with Crippen molar-refractivity contribution in [1.29, 1.82) is 0 Å². The summed E-state index contributed by atoms with van der Waals surface area (Å²) in [6.45, 7) is 2.16. The molecule has 1 aliphatic rings. The summed E-state index contributed by atoms with van der Waals surface area (Å²) in [6, 6.07) is 0. The highest BCUT2D eigenvalue weighted by Gasteiger charge is 2.33. The Morgan fingerprint density at radius 3 is 2.46 bits per heavy atom. The van der Waals surface area contributed by atoms with Crippen LogP contribution in [0.2, 0.25) is 0 Å². The Hall–Kier alpha value is 0.0200. The van der Waals surface area contributed by atoms with Gasteiger partial charge >= 0.3 is 0 Å². The zero-order valence-corrected chi connectivity index (χ0v) is 9.58. The Bertz CT molecular complexity index is 171.